The van der Waals surface area contributed by atoms with E-state index in [9.17, 15) is 9.59 Å². The van der Waals surface area contributed by atoms with E-state index >= 15 is 0 Å². The topological polar surface area (TPSA) is 72.8 Å². The number of carboxylic acids is 1. The summed E-state index contributed by atoms with van der Waals surface area (Å²) in [6.45, 7) is 3.75. The maximum atomic E-state index is 12.0. The van der Waals surface area contributed by atoms with Crippen LogP contribution in [0.4, 0.5) is 0 Å². The second-order valence-electron chi connectivity index (χ2n) is 5.40. The number of carboxylic acid groups (broad SMARTS) is 1. The lowest BCUT2D eigenvalue weighted by atomic mass is 10.0. The lowest BCUT2D eigenvalue weighted by Crippen LogP contribution is -2.19. The van der Waals surface area contributed by atoms with Crippen LogP contribution in [0.5, 0.6) is 11.5 Å². The molecule has 24 heavy (non-hydrogen) atoms. The van der Waals surface area contributed by atoms with Crippen LogP contribution in [0.25, 0.3) is 0 Å². The Balaban J connectivity index is 2.06. The number of benzene rings is 2. The molecule has 5 nitrogen and oxygen atoms in total. The van der Waals surface area contributed by atoms with Crippen LogP contribution in [-0.4, -0.2) is 23.7 Å². The Morgan fingerprint density at radius 1 is 1.12 bits per heavy atom. The van der Waals surface area contributed by atoms with Crippen LogP contribution >= 0.6 is 15.9 Å². The predicted molar refractivity (Wildman–Crippen MR) is 92.8 cm³/mol. The SMILES string of the molecule is CC(C)c1ccccc1OCC(=O)Oc1ccc(Br)cc1C(=O)O. The second-order valence-corrected chi connectivity index (χ2v) is 6.32. The van der Waals surface area contributed by atoms with Crippen molar-refractivity contribution in [2.45, 2.75) is 19.8 Å². The van der Waals surface area contributed by atoms with E-state index in [-0.39, 0.29) is 23.8 Å². The molecule has 1 N–H and O–H groups in total. The van der Waals surface area contributed by atoms with Crippen LogP contribution in [0, 0.1) is 0 Å². The van der Waals surface area contributed by atoms with Gasteiger partial charge in [-0.2, -0.15) is 0 Å². The van der Waals surface area contributed by atoms with Crippen molar-refractivity contribution < 1.29 is 24.2 Å². The standard InChI is InChI=1S/C18H17BrO5/c1-11(2)13-5-3-4-6-15(13)23-10-17(20)24-16-8-7-12(19)9-14(16)18(21)22/h3-9,11H,10H2,1-2H3,(H,21,22). The number of para-hydroxylation sites is 1. The van der Waals surface area contributed by atoms with Crippen LogP contribution in [0.1, 0.15) is 35.7 Å². The number of carbonyl (C=O) groups excluding carboxylic acids is 1. The first kappa shape index (κ1) is 18.0. The van der Waals surface area contributed by atoms with Crippen molar-refractivity contribution in [3.8, 4) is 11.5 Å². The Kier molecular flexibility index (Phi) is 5.98. The fourth-order valence-electron chi connectivity index (χ4n) is 2.14. The molecule has 0 amide bonds. The molecule has 0 fully saturated rings. The van der Waals surface area contributed by atoms with E-state index in [0.717, 1.165) is 5.56 Å². The quantitative estimate of drug-likeness (QED) is 0.587. The van der Waals surface area contributed by atoms with Crippen LogP contribution < -0.4 is 9.47 Å². The third-order valence-corrected chi connectivity index (χ3v) is 3.78. The molecule has 0 bridgehead atoms. The largest absolute Gasteiger partial charge is 0.482 e. The molecule has 6 heteroatoms. The fraction of sp³-hybridized carbons (Fsp3) is 0.222. The summed E-state index contributed by atoms with van der Waals surface area (Å²) in [6.07, 6.45) is 0. The summed E-state index contributed by atoms with van der Waals surface area (Å²) in [6, 6.07) is 11.8. The molecular formula is C18H17BrO5. The molecule has 0 unspecified atom stereocenters. The molecule has 0 radical (unpaired) electrons. The number of hydrogen-bond donors (Lipinski definition) is 1. The van der Waals surface area contributed by atoms with Gasteiger partial charge in [0.05, 0.1) is 0 Å². The van der Waals surface area contributed by atoms with Gasteiger partial charge in [0.1, 0.15) is 17.1 Å². The van der Waals surface area contributed by atoms with Gasteiger partial charge in [-0.3, -0.25) is 0 Å². The van der Waals surface area contributed by atoms with Gasteiger partial charge in [0.25, 0.3) is 0 Å². The molecule has 0 aromatic heterocycles. The minimum Gasteiger partial charge on any atom is -0.482 e. The zero-order chi connectivity index (χ0) is 17.7. The molecule has 0 heterocycles. The Labute approximate surface area is 148 Å². The highest BCUT2D eigenvalue weighted by atomic mass is 79.9. The van der Waals surface area contributed by atoms with Gasteiger partial charge in [-0.25, -0.2) is 9.59 Å². The van der Waals surface area contributed by atoms with Gasteiger partial charge >= 0.3 is 11.9 Å². The molecular weight excluding hydrogens is 376 g/mol. The number of halogens is 1. The molecule has 0 aliphatic rings. The van der Waals surface area contributed by atoms with E-state index in [1.807, 2.05) is 32.0 Å². The minimum atomic E-state index is -1.18. The van der Waals surface area contributed by atoms with E-state index in [0.29, 0.717) is 10.2 Å². The Morgan fingerprint density at radius 3 is 2.50 bits per heavy atom. The third-order valence-electron chi connectivity index (χ3n) is 3.28. The summed E-state index contributed by atoms with van der Waals surface area (Å²) < 4.78 is 11.2. The average Bonchev–Trinajstić information content (AvgIpc) is 2.54. The maximum absolute atomic E-state index is 12.0. The van der Waals surface area contributed by atoms with Crippen molar-refractivity contribution in [1.82, 2.24) is 0 Å². The van der Waals surface area contributed by atoms with Gasteiger partial charge in [-0.05, 0) is 35.7 Å². The maximum Gasteiger partial charge on any atom is 0.349 e. The Hall–Kier alpha value is -2.34. The van der Waals surface area contributed by atoms with E-state index in [1.54, 1.807) is 12.1 Å². The molecule has 2 aromatic rings. The number of ether oxygens (including phenoxy) is 2. The number of esters is 1. The first-order valence-electron chi connectivity index (χ1n) is 7.33. The average molecular weight is 393 g/mol. The highest BCUT2D eigenvalue weighted by Gasteiger charge is 2.16. The fourth-order valence-corrected chi connectivity index (χ4v) is 2.50. The lowest BCUT2D eigenvalue weighted by molar-refractivity contribution is -0.136. The molecule has 0 spiro atoms. The molecule has 0 saturated heterocycles. The van der Waals surface area contributed by atoms with Gasteiger partial charge < -0.3 is 14.6 Å². The van der Waals surface area contributed by atoms with Gasteiger partial charge in [-0.1, -0.05) is 48.0 Å². The van der Waals surface area contributed by atoms with E-state index in [2.05, 4.69) is 15.9 Å². The van der Waals surface area contributed by atoms with Gasteiger partial charge in [-0.15, -0.1) is 0 Å². The highest BCUT2D eigenvalue weighted by Crippen LogP contribution is 2.26. The molecule has 0 atom stereocenters. The first-order chi connectivity index (χ1) is 11.4. The zero-order valence-electron chi connectivity index (χ0n) is 13.3. The molecule has 0 aliphatic carbocycles. The summed E-state index contributed by atoms with van der Waals surface area (Å²) in [5.41, 5.74) is 0.889. The number of aromatic carboxylic acids is 1. The Morgan fingerprint density at radius 2 is 1.83 bits per heavy atom. The summed E-state index contributed by atoms with van der Waals surface area (Å²) in [7, 11) is 0. The smallest absolute Gasteiger partial charge is 0.349 e. The summed E-state index contributed by atoms with van der Waals surface area (Å²) in [5.74, 6) is -0.999. The molecule has 0 saturated carbocycles. The molecule has 2 aromatic carbocycles. The number of hydrogen-bond acceptors (Lipinski definition) is 4. The lowest BCUT2D eigenvalue weighted by Gasteiger charge is -2.13. The van der Waals surface area contributed by atoms with E-state index in [1.165, 1.54) is 12.1 Å². The molecule has 2 rings (SSSR count). The van der Waals surface area contributed by atoms with Crippen LogP contribution in [0.3, 0.4) is 0 Å². The summed E-state index contributed by atoms with van der Waals surface area (Å²) >= 11 is 3.19. The zero-order valence-corrected chi connectivity index (χ0v) is 14.9. The van der Waals surface area contributed by atoms with Crippen molar-refractivity contribution >= 4 is 27.9 Å². The van der Waals surface area contributed by atoms with Crippen molar-refractivity contribution in [2.24, 2.45) is 0 Å². The van der Waals surface area contributed by atoms with Gasteiger partial charge in [0.15, 0.2) is 6.61 Å². The first-order valence-corrected chi connectivity index (χ1v) is 8.13. The van der Waals surface area contributed by atoms with E-state index in [4.69, 9.17) is 14.6 Å². The van der Waals surface area contributed by atoms with Crippen LogP contribution in [-0.2, 0) is 4.79 Å². The van der Waals surface area contributed by atoms with Crippen molar-refractivity contribution in [2.75, 3.05) is 6.61 Å². The Bertz CT molecular complexity index is 755. The second kappa shape index (κ2) is 7.97. The van der Waals surface area contributed by atoms with Crippen molar-refractivity contribution in [3.63, 3.8) is 0 Å². The number of carbonyl (C=O) groups is 2. The van der Waals surface area contributed by atoms with Gasteiger partial charge in [0, 0.05) is 4.47 Å². The van der Waals surface area contributed by atoms with E-state index < -0.39 is 11.9 Å². The van der Waals surface area contributed by atoms with Crippen molar-refractivity contribution in [3.05, 3.63) is 58.1 Å². The minimum absolute atomic E-state index is 0.0172. The normalized spacial score (nSPS) is 10.5. The van der Waals surface area contributed by atoms with Gasteiger partial charge in [0.2, 0.25) is 0 Å². The number of rotatable bonds is 6. The third kappa shape index (κ3) is 4.58. The van der Waals surface area contributed by atoms with Crippen LogP contribution in [0.15, 0.2) is 46.9 Å². The van der Waals surface area contributed by atoms with Crippen molar-refractivity contribution in [1.29, 1.82) is 0 Å². The monoisotopic (exact) mass is 392 g/mol. The highest BCUT2D eigenvalue weighted by molar-refractivity contribution is 9.10. The summed E-state index contributed by atoms with van der Waals surface area (Å²) in [4.78, 5) is 23.2. The molecule has 0 aliphatic heterocycles. The van der Waals surface area contributed by atoms with Crippen LogP contribution in [0.2, 0.25) is 0 Å². The summed E-state index contributed by atoms with van der Waals surface area (Å²) in [5, 5.41) is 9.16. The molecule has 126 valence electrons. The predicted octanol–water partition coefficient (Wildman–Crippen LogP) is 4.26.